The second-order valence-electron chi connectivity index (χ2n) is 6.76. The van der Waals surface area contributed by atoms with E-state index in [4.69, 9.17) is 4.74 Å². The molecule has 1 aromatic carbocycles. The standard InChI is InChI=1S/C20H25N5O/c1-14(2)26-18-8-6-7-17(12-18)13-24(5)19-9-10-20(22-21-19)25-16(4)11-15(3)23-25/h6-12,14H,13H2,1-5H3. The van der Waals surface area contributed by atoms with Crippen molar-refractivity contribution in [3.63, 3.8) is 0 Å². The highest BCUT2D eigenvalue weighted by Gasteiger charge is 2.09. The van der Waals surface area contributed by atoms with E-state index in [-0.39, 0.29) is 6.10 Å². The first-order valence-electron chi connectivity index (χ1n) is 8.76. The van der Waals surface area contributed by atoms with Crippen molar-refractivity contribution < 1.29 is 4.74 Å². The summed E-state index contributed by atoms with van der Waals surface area (Å²) in [5.74, 6) is 2.42. The normalized spacial score (nSPS) is 11.0. The SMILES string of the molecule is Cc1cc(C)n(-c2ccc(N(C)Cc3cccc(OC(C)C)c3)nn2)n1. The van der Waals surface area contributed by atoms with Gasteiger partial charge in [-0.05, 0) is 63.6 Å². The summed E-state index contributed by atoms with van der Waals surface area (Å²) in [5, 5.41) is 13.1. The molecule has 0 radical (unpaired) electrons. The van der Waals surface area contributed by atoms with E-state index < -0.39 is 0 Å². The molecule has 0 bridgehead atoms. The monoisotopic (exact) mass is 351 g/mol. The number of ether oxygens (including phenoxy) is 1. The van der Waals surface area contributed by atoms with Crippen LogP contribution in [0.1, 0.15) is 30.8 Å². The fraction of sp³-hybridized carbons (Fsp3) is 0.350. The molecule has 0 unspecified atom stereocenters. The number of anilines is 1. The topological polar surface area (TPSA) is 56.1 Å². The minimum absolute atomic E-state index is 0.163. The summed E-state index contributed by atoms with van der Waals surface area (Å²) in [7, 11) is 2.00. The van der Waals surface area contributed by atoms with Crippen molar-refractivity contribution in [2.75, 3.05) is 11.9 Å². The van der Waals surface area contributed by atoms with E-state index in [1.54, 1.807) is 4.68 Å². The van der Waals surface area contributed by atoms with Crippen LogP contribution in [0, 0.1) is 13.8 Å². The molecular formula is C20H25N5O. The van der Waals surface area contributed by atoms with Crippen LogP contribution >= 0.6 is 0 Å². The molecule has 0 spiro atoms. The van der Waals surface area contributed by atoms with Gasteiger partial charge >= 0.3 is 0 Å². The van der Waals surface area contributed by atoms with E-state index in [0.717, 1.165) is 40.9 Å². The van der Waals surface area contributed by atoms with E-state index in [1.807, 2.05) is 65.1 Å². The molecule has 0 aliphatic carbocycles. The maximum absolute atomic E-state index is 5.76. The minimum Gasteiger partial charge on any atom is -0.491 e. The highest BCUT2D eigenvalue weighted by molar-refractivity contribution is 5.41. The number of nitrogens with zero attached hydrogens (tertiary/aromatic N) is 5. The third-order valence-corrected chi connectivity index (χ3v) is 3.94. The number of aromatic nitrogens is 4. The number of benzene rings is 1. The molecule has 6 nitrogen and oxygen atoms in total. The number of rotatable bonds is 6. The third-order valence-electron chi connectivity index (χ3n) is 3.94. The lowest BCUT2D eigenvalue weighted by molar-refractivity contribution is 0.242. The van der Waals surface area contributed by atoms with Crippen LogP contribution in [-0.4, -0.2) is 33.1 Å². The van der Waals surface area contributed by atoms with Crippen LogP contribution in [-0.2, 0) is 6.54 Å². The maximum atomic E-state index is 5.76. The molecule has 3 aromatic rings. The number of hydrogen-bond acceptors (Lipinski definition) is 5. The molecule has 0 amide bonds. The summed E-state index contributed by atoms with van der Waals surface area (Å²) in [4.78, 5) is 2.06. The molecule has 2 heterocycles. The highest BCUT2D eigenvalue weighted by Crippen LogP contribution is 2.18. The van der Waals surface area contributed by atoms with Gasteiger partial charge in [-0.15, -0.1) is 10.2 Å². The van der Waals surface area contributed by atoms with Gasteiger partial charge in [0.1, 0.15) is 5.75 Å². The maximum Gasteiger partial charge on any atom is 0.176 e. The van der Waals surface area contributed by atoms with Gasteiger partial charge in [-0.1, -0.05) is 12.1 Å². The van der Waals surface area contributed by atoms with Gasteiger partial charge < -0.3 is 9.64 Å². The lowest BCUT2D eigenvalue weighted by atomic mass is 10.2. The van der Waals surface area contributed by atoms with Gasteiger partial charge in [0.2, 0.25) is 0 Å². The molecular weight excluding hydrogens is 326 g/mol. The highest BCUT2D eigenvalue weighted by atomic mass is 16.5. The molecule has 0 atom stereocenters. The summed E-state index contributed by atoms with van der Waals surface area (Å²) < 4.78 is 7.57. The molecule has 2 aromatic heterocycles. The van der Waals surface area contributed by atoms with Gasteiger partial charge in [0.25, 0.3) is 0 Å². The smallest absolute Gasteiger partial charge is 0.176 e. The predicted octanol–water partition coefficient (Wildman–Crippen LogP) is 3.70. The summed E-state index contributed by atoms with van der Waals surface area (Å²) in [5.41, 5.74) is 3.17. The summed E-state index contributed by atoms with van der Waals surface area (Å²) in [6.45, 7) is 8.75. The van der Waals surface area contributed by atoms with Crippen LogP contribution in [0.4, 0.5) is 5.82 Å². The molecule has 0 aliphatic heterocycles. The predicted molar refractivity (Wildman–Crippen MR) is 103 cm³/mol. The Hall–Kier alpha value is -2.89. The van der Waals surface area contributed by atoms with E-state index in [0.29, 0.717) is 0 Å². The molecule has 3 rings (SSSR count). The van der Waals surface area contributed by atoms with Crippen LogP contribution < -0.4 is 9.64 Å². The lowest BCUT2D eigenvalue weighted by Gasteiger charge is -2.18. The minimum atomic E-state index is 0.163. The van der Waals surface area contributed by atoms with Crippen molar-refractivity contribution in [2.24, 2.45) is 0 Å². The van der Waals surface area contributed by atoms with Crippen molar-refractivity contribution in [2.45, 2.75) is 40.3 Å². The second kappa shape index (κ2) is 7.56. The third kappa shape index (κ3) is 4.20. The fourth-order valence-electron chi connectivity index (χ4n) is 2.84. The number of hydrogen-bond donors (Lipinski definition) is 0. The largest absolute Gasteiger partial charge is 0.491 e. The molecule has 0 fully saturated rings. The fourth-order valence-corrected chi connectivity index (χ4v) is 2.84. The van der Waals surface area contributed by atoms with Gasteiger partial charge in [0.15, 0.2) is 11.6 Å². The average molecular weight is 351 g/mol. The molecule has 136 valence electrons. The van der Waals surface area contributed by atoms with Gasteiger partial charge in [0, 0.05) is 19.3 Å². The van der Waals surface area contributed by atoms with E-state index >= 15 is 0 Å². The van der Waals surface area contributed by atoms with Gasteiger partial charge in [-0.3, -0.25) is 0 Å². The first kappa shape index (κ1) is 17.9. The molecule has 0 saturated carbocycles. The molecule has 0 saturated heterocycles. The van der Waals surface area contributed by atoms with Crippen molar-refractivity contribution in [3.8, 4) is 11.6 Å². The average Bonchev–Trinajstić information content (AvgIpc) is 2.93. The Labute approximate surface area is 154 Å². The lowest BCUT2D eigenvalue weighted by Crippen LogP contribution is -2.18. The quantitative estimate of drug-likeness (QED) is 0.678. The van der Waals surface area contributed by atoms with E-state index in [9.17, 15) is 0 Å². The Balaban J connectivity index is 1.72. The van der Waals surface area contributed by atoms with Crippen molar-refractivity contribution in [3.05, 3.63) is 59.4 Å². The van der Waals surface area contributed by atoms with Crippen molar-refractivity contribution >= 4 is 5.82 Å². The van der Waals surface area contributed by atoms with Crippen LogP contribution in [0.5, 0.6) is 5.75 Å². The van der Waals surface area contributed by atoms with E-state index in [1.165, 1.54) is 0 Å². The zero-order valence-corrected chi connectivity index (χ0v) is 16.0. The Bertz CT molecular complexity index is 870. The van der Waals surface area contributed by atoms with Gasteiger partial charge in [-0.2, -0.15) is 5.10 Å². The second-order valence-corrected chi connectivity index (χ2v) is 6.76. The van der Waals surface area contributed by atoms with Crippen LogP contribution in [0.25, 0.3) is 5.82 Å². The van der Waals surface area contributed by atoms with Crippen LogP contribution in [0.2, 0.25) is 0 Å². The van der Waals surface area contributed by atoms with Crippen LogP contribution in [0.15, 0.2) is 42.5 Å². The zero-order chi connectivity index (χ0) is 18.7. The van der Waals surface area contributed by atoms with Crippen molar-refractivity contribution in [1.29, 1.82) is 0 Å². The van der Waals surface area contributed by atoms with Gasteiger partial charge in [-0.25, -0.2) is 4.68 Å². The Morgan fingerprint density at radius 2 is 1.88 bits per heavy atom. The number of aryl methyl sites for hydroxylation is 2. The molecule has 26 heavy (non-hydrogen) atoms. The van der Waals surface area contributed by atoms with Crippen LogP contribution in [0.3, 0.4) is 0 Å². The summed E-state index contributed by atoms with van der Waals surface area (Å²) in [6, 6.07) is 14.1. The zero-order valence-electron chi connectivity index (χ0n) is 16.0. The van der Waals surface area contributed by atoms with Crippen molar-refractivity contribution in [1.82, 2.24) is 20.0 Å². The Kier molecular flexibility index (Phi) is 5.21. The first-order chi connectivity index (χ1) is 12.4. The van der Waals surface area contributed by atoms with E-state index in [2.05, 4.69) is 32.3 Å². The molecule has 0 aliphatic rings. The molecule has 6 heteroatoms. The first-order valence-corrected chi connectivity index (χ1v) is 8.76. The Morgan fingerprint density at radius 3 is 2.50 bits per heavy atom. The Morgan fingerprint density at radius 1 is 1.08 bits per heavy atom. The molecule has 0 N–H and O–H groups in total. The summed E-state index contributed by atoms with van der Waals surface area (Å²) in [6.07, 6.45) is 0.163. The van der Waals surface area contributed by atoms with Gasteiger partial charge in [0.05, 0.1) is 11.8 Å². The summed E-state index contributed by atoms with van der Waals surface area (Å²) >= 11 is 0.